The van der Waals surface area contributed by atoms with Crippen LogP contribution in [0.1, 0.15) is 41.3 Å². The van der Waals surface area contributed by atoms with E-state index in [1.54, 1.807) is 32.2 Å². The molecule has 0 radical (unpaired) electrons. The van der Waals surface area contributed by atoms with Gasteiger partial charge in [-0.15, -0.1) is 17.8 Å². The monoisotopic (exact) mass is 514 g/mol. The lowest BCUT2D eigenvalue weighted by Gasteiger charge is -2.29. The lowest BCUT2D eigenvalue weighted by molar-refractivity contribution is -0.137. The Labute approximate surface area is 209 Å². The van der Waals surface area contributed by atoms with E-state index in [2.05, 4.69) is 15.9 Å². The van der Waals surface area contributed by atoms with Crippen molar-refractivity contribution in [2.75, 3.05) is 16.3 Å². The maximum atomic E-state index is 13.8. The first-order valence-electron chi connectivity index (χ1n) is 10.9. The summed E-state index contributed by atoms with van der Waals surface area (Å²) < 4.78 is 46.9. The van der Waals surface area contributed by atoms with Gasteiger partial charge in [0, 0.05) is 29.9 Å². The van der Waals surface area contributed by atoms with Crippen LogP contribution in [0.25, 0.3) is 0 Å². The molecule has 2 amide bonds. The van der Waals surface area contributed by atoms with Crippen molar-refractivity contribution in [3.8, 4) is 18.1 Å². The van der Waals surface area contributed by atoms with Gasteiger partial charge < -0.3 is 9.64 Å². The van der Waals surface area contributed by atoms with Crippen molar-refractivity contribution in [3.63, 3.8) is 0 Å². The lowest BCUT2D eigenvalue weighted by Crippen LogP contribution is -2.46. The predicted molar refractivity (Wildman–Crippen MR) is 129 cm³/mol. The second kappa shape index (κ2) is 9.99. The summed E-state index contributed by atoms with van der Waals surface area (Å²) in [4.78, 5) is 37.7. The maximum absolute atomic E-state index is 13.8. The second-order valence-electron chi connectivity index (χ2n) is 8.24. The van der Waals surface area contributed by atoms with Gasteiger partial charge in [0.25, 0.3) is 5.91 Å². The van der Waals surface area contributed by atoms with Crippen LogP contribution in [0.15, 0.2) is 48.1 Å². The molecular formula is C25H21F3N4O3S. The smallest absolute Gasteiger partial charge is 0.416 e. The average Bonchev–Trinajstić information content (AvgIpc) is 3.46. The molecule has 1 fully saturated rings. The number of pyridine rings is 1. The molecule has 36 heavy (non-hydrogen) atoms. The number of nitrogens with zero attached hydrogens (tertiary/aromatic N) is 4. The highest BCUT2D eigenvalue weighted by molar-refractivity contribution is 7.10. The number of benzene rings is 1. The number of amides is 2. The molecular weight excluding hydrogens is 493 g/mol. The molecule has 1 saturated heterocycles. The Balaban J connectivity index is 1.82. The van der Waals surface area contributed by atoms with E-state index in [1.807, 2.05) is 0 Å². The second-order valence-corrected chi connectivity index (χ2v) is 9.10. The zero-order valence-electron chi connectivity index (χ0n) is 19.3. The molecule has 3 aromatic rings. The Morgan fingerprint density at radius 2 is 2.11 bits per heavy atom. The van der Waals surface area contributed by atoms with Gasteiger partial charge in [0.1, 0.15) is 17.5 Å². The minimum atomic E-state index is -4.71. The Bertz CT molecular complexity index is 1320. The van der Waals surface area contributed by atoms with Crippen LogP contribution in [0.5, 0.6) is 5.75 Å². The first-order valence-corrected chi connectivity index (χ1v) is 11.8. The third kappa shape index (κ3) is 5.18. The predicted octanol–water partition coefficient (Wildman–Crippen LogP) is 4.78. The van der Waals surface area contributed by atoms with Crippen molar-refractivity contribution in [3.05, 3.63) is 64.4 Å². The van der Waals surface area contributed by atoms with Crippen LogP contribution in [-0.2, 0) is 11.0 Å². The van der Waals surface area contributed by atoms with E-state index in [0.29, 0.717) is 5.69 Å². The number of hydrogen-bond acceptors (Lipinski definition) is 6. The van der Waals surface area contributed by atoms with Gasteiger partial charge in [-0.2, -0.15) is 13.2 Å². The quantitative estimate of drug-likeness (QED) is 0.443. The van der Waals surface area contributed by atoms with Crippen LogP contribution in [0.3, 0.4) is 0 Å². The summed E-state index contributed by atoms with van der Waals surface area (Å²) in [5.74, 6) is 1.06. The Morgan fingerprint density at radius 3 is 2.72 bits per heavy atom. The average molecular weight is 515 g/mol. The molecule has 1 aliphatic heterocycles. The molecule has 3 heterocycles. The van der Waals surface area contributed by atoms with Crippen LogP contribution < -0.4 is 14.5 Å². The lowest BCUT2D eigenvalue weighted by atomic mass is 10.1. The molecule has 0 spiro atoms. The largest absolute Gasteiger partial charge is 0.491 e. The maximum Gasteiger partial charge on any atom is 0.416 e. The van der Waals surface area contributed by atoms with Gasteiger partial charge in [0.05, 0.1) is 23.6 Å². The number of aromatic nitrogens is 2. The summed E-state index contributed by atoms with van der Waals surface area (Å²) in [6, 6.07) is 5.30. The normalized spacial score (nSPS) is 15.8. The molecule has 7 nitrogen and oxygen atoms in total. The highest BCUT2D eigenvalue weighted by atomic mass is 32.1. The molecule has 1 aromatic carbocycles. The third-order valence-electron chi connectivity index (χ3n) is 5.38. The summed E-state index contributed by atoms with van der Waals surface area (Å²) in [5.41, 5.74) is -0.685. The van der Waals surface area contributed by atoms with Crippen molar-refractivity contribution in [2.45, 2.75) is 38.6 Å². The molecule has 0 bridgehead atoms. The van der Waals surface area contributed by atoms with Gasteiger partial charge in [-0.3, -0.25) is 19.5 Å². The fraction of sp³-hybridized carbons (Fsp3) is 0.280. The highest BCUT2D eigenvalue weighted by Crippen LogP contribution is 2.38. The van der Waals surface area contributed by atoms with E-state index >= 15 is 0 Å². The number of anilines is 2. The number of terminal acetylenes is 1. The molecule has 4 rings (SSSR count). The van der Waals surface area contributed by atoms with Crippen molar-refractivity contribution >= 4 is 34.5 Å². The zero-order chi connectivity index (χ0) is 26.0. The van der Waals surface area contributed by atoms with Crippen LogP contribution in [0.2, 0.25) is 0 Å². The van der Waals surface area contributed by atoms with Gasteiger partial charge in [-0.05, 0) is 50.5 Å². The van der Waals surface area contributed by atoms with Gasteiger partial charge >= 0.3 is 6.18 Å². The molecule has 0 saturated carbocycles. The molecule has 0 aliphatic carbocycles. The van der Waals surface area contributed by atoms with Gasteiger partial charge in [-0.1, -0.05) is 0 Å². The summed E-state index contributed by atoms with van der Waals surface area (Å²) in [7, 11) is 0. The van der Waals surface area contributed by atoms with Crippen molar-refractivity contribution < 1.29 is 27.5 Å². The minimum Gasteiger partial charge on any atom is -0.491 e. The Kier molecular flexibility index (Phi) is 6.99. The van der Waals surface area contributed by atoms with Crippen LogP contribution in [0.4, 0.5) is 24.5 Å². The molecule has 11 heteroatoms. The zero-order valence-corrected chi connectivity index (χ0v) is 20.1. The number of ether oxygens (including phenoxy) is 1. The number of rotatable bonds is 6. The van der Waals surface area contributed by atoms with Gasteiger partial charge in [-0.25, -0.2) is 4.98 Å². The number of thiazole rings is 1. The summed E-state index contributed by atoms with van der Waals surface area (Å²) in [5, 5.41) is 1.66. The van der Waals surface area contributed by atoms with Crippen LogP contribution in [0, 0.1) is 12.3 Å². The first kappa shape index (κ1) is 25.2. The Hall–Kier alpha value is -3.91. The first-order chi connectivity index (χ1) is 17.1. The van der Waals surface area contributed by atoms with Crippen molar-refractivity contribution in [1.82, 2.24) is 9.97 Å². The standard InChI is InChI=1S/C25H21F3N4O3S/c1-4-22-30-20(14-36-22)23(33)32(21-7-9-31(24(21)34)17-6-5-8-29-13-17)18-10-16(25(26,27)28)11-19(12-18)35-15(2)3/h1,5-6,8,10-15,21H,7,9H2,2-3H3. The summed E-state index contributed by atoms with van der Waals surface area (Å²) in [6.07, 6.45) is 3.49. The number of halogens is 3. The molecule has 1 atom stereocenters. The van der Waals surface area contributed by atoms with E-state index in [9.17, 15) is 22.8 Å². The van der Waals surface area contributed by atoms with Crippen molar-refractivity contribution in [1.29, 1.82) is 0 Å². The van der Waals surface area contributed by atoms with E-state index in [-0.39, 0.29) is 35.1 Å². The van der Waals surface area contributed by atoms with E-state index in [1.165, 1.54) is 22.5 Å². The molecule has 0 N–H and O–H groups in total. The molecule has 2 aromatic heterocycles. The van der Waals surface area contributed by atoms with Crippen LogP contribution >= 0.6 is 11.3 Å². The van der Waals surface area contributed by atoms with Crippen molar-refractivity contribution in [2.24, 2.45) is 0 Å². The number of carbonyl (C=O) groups is 2. The van der Waals surface area contributed by atoms with Gasteiger partial charge in [0.15, 0.2) is 5.01 Å². The minimum absolute atomic E-state index is 0.0654. The van der Waals surface area contributed by atoms with E-state index < -0.39 is 35.7 Å². The fourth-order valence-electron chi connectivity index (χ4n) is 3.90. The Morgan fingerprint density at radius 1 is 1.33 bits per heavy atom. The molecule has 1 unspecified atom stereocenters. The topological polar surface area (TPSA) is 75.6 Å². The summed E-state index contributed by atoms with van der Waals surface area (Å²) in [6.45, 7) is 3.59. The third-order valence-corrected chi connectivity index (χ3v) is 6.15. The fourth-order valence-corrected chi connectivity index (χ4v) is 4.50. The highest BCUT2D eigenvalue weighted by Gasteiger charge is 2.42. The molecule has 186 valence electrons. The van der Waals surface area contributed by atoms with Gasteiger partial charge in [0.2, 0.25) is 5.91 Å². The number of alkyl halides is 3. The van der Waals surface area contributed by atoms with E-state index in [4.69, 9.17) is 11.2 Å². The summed E-state index contributed by atoms with van der Waals surface area (Å²) >= 11 is 1.05. The molecule has 1 aliphatic rings. The number of carbonyl (C=O) groups excluding carboxylic acids is 2. The number of hydrogen-bond donors (Lipinski definition) is 0. The van der Waals surface area contributed by atoms with E-state index in [0.717, 1.165) is 28.4 Å². The van der Waals surface area contributed by atoms with Crippen LogP contribution in [-0.4, -0.2) is 40.5 Å². The SMILES string of the molecule is C#Cc1nc(C(=O)N(c2cc(OC(C)C)cc(C(F)(F)F)c2)C2CCN(c3cccnc3)C2=O)cs1.